The molecule has 0 spiro atoms. The first-order chi connectivity index (χ1) is 10.9. The minimum atomic E-state index is -4.76. The van der Waals surface area contributed by atoms with E-state index in [0.717, 1.165) is 5.56 Å². The number of carbonyl (C=O) groups excluding carboxylic acids is 1. The molecule has 1 saturated heterocycles. The number of likely N-dealkylation sites (N-methyl/N-ethyl adjacent to an activating group) is 1. The lowest BCUT2D eigenvalue weighted by molar-refractivity contribution is -0.265. The summed E-state index contributed by atoms with van der Waals surface area (Å²) < 4.78 is 45.6. The Morgan fingerprint density at radius 1 is 1.35 bits per heavy atom. The van der Waals surface area contributed by atoms with Crippen molar-refractivity contribution in [3.63, 3.8) is 0 Å². The van der Waals surface area contributed by atoms with Gasteiger partial charge in [-0.15, -0.1) is 0 Å². The van der Waals surface area contributed by atoms with Crippen LogP contribution in [0.1, 0.15) is 24.8 Å². The lowest BCUT2D eigenvalue weighted by Gasteiger charge is -2.32. The van der Waals surface area contributed by atoms with Gasteiger partial charge in [0.25, 0.3) is 5.91 Å². The number of hydrogen-bond acceptors (Lipinski definition) is 2. The topological polar surface area (TPSA) is 38.3 Å². The maximum atomic E-state index is 13.5. The van der Waals surface area contributed by atoms with Crippen LogP contribution in [-0.2, 0) is 16.0 Å². The number of carbonyl (C=O) groups is 1. The van der Waals surface area contributed by atoms with Crippen LogP contribution in [0.3, 0.4) is 0 Å². The fraction of sp³-hybridized carbons (Fsp3) is 0.471. The van der Waals surface area contributed by atoms with Crippen molar-refractivity contribution in [2.24, 2.45) is 0 Å². The zero-order valence-electron chi connectivity index (χ0n) is 13.0. The molecule has 1 heterocycles. The number of nitrogens with one attached hydrogen (secondary N) is 1. The highest BCUT2D eigenvalue weighted by atomic mass is 19.4. The predicted molar refractivity (Wildman–Crippen MR) is 80.9 cm³/mol. The van der Waals surface area contributed by atoms with E-state index in [2.05, 4.69) is 5.32 Å². The van der Waals surface area contributed by atoms with Crippen LogP contribution in [0.2, 0.25) is 0 Å². The van der Waals surface area contributed by atoms with Crippen LogP contribution in [0.5, 0.6) is 0 Å². The van der Waals surface area contributed by atoms with Crippen LogP contribution in [0, 0.1) is 0 Å². The smallest absolute Gasteiger partial charge is 0.357 e. The third-order valence-corrected chi connectivity index (χ3v) is 3.99. The predicted octanol–water partition coefficient (Wildman–Crippen LogP) is 3.40. The summed E-state index contributed by atoms with van der Waals surface area (Å²) in [6.45, 7) is -0.0877. The molecule has 0 aromatic heterocycles. The monoisotopic (exact) mass is 327 g/mol. The van der Waals surface area contributed by atoms with Crippen molar-refractivity contribution in [1.82, 2.24) is 5.32 Å². The Morgan fingerprint density at radius 2 is 2.04 bits per heavy atom. The van der Waals surface area contributed by atoms with Gasteiger partial charge in [-0.3, -0.25) is 4.79 Å². The molecule has 1 aliphatic rings. The summed E-state index contributed by atoms with van der Waals surface area (Å²) >= 11 is 0. The van der Waals surface area contributed by atoms with Crippen molar-refractivity contribution in [1.29, 1.82) is 0 Å². The number of hydrogen-bond donors (Lipinski definition) is 1. The molecule has 2 rings (SSSR count). The Hall–Kier alpha value is -1.82. The molecule has 3 nitrogen and oxygen atoms in total. The van der Waals surface area contributed by atoms with Crippen molar-refractivity contribution < 1.29 is 22.7 Å². The minimum Gasteiger partial charge on any atom is -0.357 e. The number of amides is 1. The molecular formula is C17H20F3NO2. The van der Waals surface area contributed by atoms with Crippen LogP contribution in [0.4, 0.5) is 13.2 Å². The number of halogens is 3. The van der Waals surface area contributed by atoms with Crippen LogP contribution in [0.25, 0.3) is 0 Å². The van der Waals surface area contributed by atoms with E-state index in [-0.39, 0.29) is 6.61 Å². The van der Waals surface area contributed by atoms with Crippen LogP contribution in [-0.4, -0.2) is 31.3 Å². The van der Waals surface area contributed by atoms with Crippen molar-refractivity contribution >= 4 is 5.91 Å². The molecule has 6 heteroatoms. The molecule has 23 heavy (non-hydrogen) atoms. The van der Waals surface area contributed by atoms with Crippen molar-refractivity contribution in [3.05, 3.63) is 47.5 Å². The van der Waals surface area contributed by atoms with E-state index in [9.17, 15) is 18.0 Å². The Kier molecular flexibility index (Phi) is 5.46. The van der Waals surface area contributed by atoms with E-state index in [1.54, 1.807) is 6.08 Å². The zero-order chi connectivity index (χ0) is 16.9. The summed E-state index contributed by atoms with van der Waals surface area (Å²) in [5.74, 6) is -1.14. The van der Waals surface area contributed by atoms with Gasteiger partial charge in [0.1, 0.15) is 0 Å². The maximum Gasteiger partial charge on any atom is 0.426 e. The molecule has 0 saturated carbocycles. The average molecular weight is 327 g/mol. The quantitative estimate of drug-likeness (QED) is 0.864. The fourth-order valence-corrected chi connectivity index (χ4v) is 2.71. The number of alkyl halides is 3. The van der Waals surface area contributed by atoms with Gasteiger partial charge >= 0.3 is 6.18 Å². The van der Waals surface area contributed by atoms with E-state index in [0.29, 0.717) is 24.8 Å². The first-order valence-corrected chi connectivity index (χ1v) is 7.54. The maximum absolute atomic E-state index is 13.5. The molecule has 1 unspecified atom stereocenters. The van der Waals surface area contributed by atoms with Crippen molar-refractivity contribution in [2.75, 3.05) is 13.7 Å². The van der Waals surface area contributed by atoms with Gasteiger partial charge in [-0.2, -0.15) is 13.2 Å². The summed E-state index contributed by atoms with van der Waals surface area (Å²) in [5.41, 5.74) is -1.17. The first kappa shape index (κ1) is 17.5. The molecule has 0 radical (unpaired) electrons. The van der Waals surface area contributed by atoms with Gasteiger partial charge in [-0.25, -0.2) is 0 Å². The highest BCUT2D eigenvalue weighted by molar-refractivity contribution is 5.86. The summed E-state index contributed by atoms with van der Waals surface area (Å²) in [7, 11) is 1.19. The molecule has 126 valence electrons. The van der Waals surface area contributed by atoms with Gasteiger partial charge in [-0.05, 0) is 24.8 Å². The number of rotatable bonds is 3. The average Bonchev–Trinajstić information content (AvgIpc) is 2.76. The largest absolute Gasteiger partial charge is 0.426 e. The molecule has 1 N–H and O–H groups in total. The molecule has 1 aromatic carbocycles. The molecule has 1 aliphatic heterocycles. The normalized spacial score (nSPS) is 24.3. The molecule has 1 aromatic rings. The third-order valence-electron chi connectivity index (χ3n) is 3.99. The van der Waals surface area contributed by atoms with Crippen LogP contribution in [0.15, 0.2) is 42.0 Å². The zero-order valence-corrected chi connectivity index (χ0v) is 13.0. The van der Waals surface area contributed by atoms with Gasteiger partial charge in [0.05, 0.1) is 0 Å². The van der Waals surface area contributed by atoms with E-state index in [1.165, 1.54) is 7.05 Å². The highest BCUT2D eigenvalue weighted by Crippen LogP contribution is 2.41. The first-order valence-electron chi connectivity index (χ1n) is 7.54. The Labute approximate surface area is 133 Å². The van der Waals surface area contributed by atoms with E-state index < -0.39 is 24.1 Å². The lowest BCUT2D eigenvalue weighted by atomic mass is 9.90. The number of benzene rings is 1. The second kappa shape index (κ2) is 7.17. The van der Waals surface area contributed by atoms with E-state index >= 15 is 0 Å². The van der Waals surface area contributed by atoms with Gasteiger partial charge in [0.2, 0.25) is 5.60 Å². The molecule has 0 aliphatic carbocycles. The second-order valence-electron chi connectivity index (χ2n) is 5.58. The molecule has 1 fully saturated rings. The number of allylic oxidation sites excluding steroid dienone is 1. The summed E-state index contributed by atoms with van der Waals surface area (Å²) in [6, 6.07) is 9.49. The minimum absolute atomic E-state index is 0.0877. The molecule has 1 amide bonds. The summed E-state index contributed by atoms with van der Waals surface area (Å²) in [5, 5.41) is 2.09. The van der Waals surface area contributed by atoms with Crippen LogP contribution < -0.4 is 5.32 Å². The van der Waals surface area contributed by atoms with Gasteiger partial charge in [-0.1, -0.05) is 42.0 Å². The molecular weight excluding hydrogens is 307 g/mol. The molecule has 1 atom stereocenters. The van der Waals surface area contributed by atoms with Gasteiger partial charge in [0.15, 0.2) is 0 Å². The van der Waals surface area contributed by atoms with Crippen molar-refractivity contribution in [2.45, 2.75) is 37.5 Å². The Balaban J connectivity index is 2.26. The molecule has 0 bridgehead atoms. The van der Waals surface area contributed by atoms with Crippen molar-refractivity contribution in [3.8, 4) is 0 Å². The fourth-order valence-electron chi connectivity index (χ4n) is 2.71. The van der Waals surface area contributed by atoms with E-state index in [4.69, 9.17) is 4.74 Å². The van der Waals surface area contributed by atoms with E-state index in [1.807, 2.05) is 30.3 Å². The van der Waals surface area contributed by atoms with Gasteiger partial charge in [0, 0.05) is 20.1 Å². The lowest BCUT2D eigenvalue weighted by Crippen LogP contribution is -2.58. The SMILES string of the molecule is CNC(=O)C1(C(F)(F)F)C/C(=C\Cc2ccccc2)CCCO1. The highest BCUT2D eigenvalue weighted by Gasteiger charge is 2.62. The van der Waals surface area contributed by atoms with Crippen LogP contribution >= 0.6 is 0 Å². The number of ether oxygens (including phenoxy) is 1. The summed E-state index contributed by atoms with van der Waals surface area (Å²) in [6.07, 6.45) is -1.92. The Bertz CT molecular complexity index is 569. The van der Waals surface area contributed by atoms with Gasteiger partial charge < -0.3 is 10.1 Å². The standard InChI is InChI=1S/C17H20F3NO2/c1-21-15(22)16(17(18,19)20)12-14(8-5-11-23-16)10-9-13-6-3-2-4-7-13/h2-4,6-7,10H,5,8-9,11-12H2,1H3,(H,21,22)/b14-10-. The Morgan fingerprint density at radius 3 is 2.65 bits per heavy atom. The third kappa shape index (κ3) is 3.93. The second-order valence-corrected chi connectivity index (χ2v) is 5.58. The summed E-state index contributed by atoms with van der Waals surface area (Å²) in [4.78, 5) is 11.9.